The molecule has 6 heteroatoms. The first-order valence-electron chi connectivity index (χ1n) is 5.65. The van der Waals surface area contributed by atoms with Crippen LogP contribution in [0.15, 0.2) is 12.1 Å². The number of aryl methyl sites for hydroxylation is 2. The minimum absolute atomic E-state index is 0.0822. The van der Waals surface area contributed by atoms with Crippen LogP contribution in [-0.2, 0) is 4.74 Å². The molecule has 1 rings (SSSR count). The van der Waals surface area contributed by atoms with Gasteiger partial charge in [0.2, 0.25) is 0 Å². The Balaban J connectivity index is 2.60. The van der Waals surface area contributed by atoms with Crippen molar-refractivity contribution in [2.45, 2.75) is 26.4 Å². The topological polar surface area (TPSA) is 26.3 Å². The van der Waals surface area contributed by atoms with Crippen molar-refractivity contribution in [3.8, 4) is 0 Å². The molecular formula is C13H14F4O2. The molecule has 19 heavy (non-hydrogen) atoms. The number of benzene rings is 1. The van der Waals surface area contributed by atoms with Crippen LogP contribution in [0.4, 0.5) is 17.6 Å². The van der Waals surface area contributed by atoms with Crippen LogP contribution in [0.3, 0.4) is 0 Å². The monoisotopic (exact) mass is 278 g/mol. The number of hydrogen-bond acceptors (Lipinski definition) is 2. The predicted molar refractivity (Wildman–Crippen MR) is 61.7 cm³/mol. The summed E-state index contributed by atoms with van der Waals surface area (Å²) >= 11 is 0. The second-order valence-electron chi connectivity index (χ2n) is 4.28. The van der Waals surface area contributed by atoms with Crippen LogP contribution in [0, 0.1) is 19.7 Å². The molecule has 0 spiro atoms. The van der Waals surface area contributed by atoms with E-state index in [0.29, 0.717) is 11.1 Å². The highest BCUT2D eigenvalue weighted by molar-refractivity contribution is 5.97. The molecule has 0 radical (unpaired) electrons. The summed E-state index contributed by atoms with van der Waals surface area (Å²) in [6, 6.07) is 2.86. The fourth-order valence-electron chi connectivity index (χ4n) is 1.75. The van der Waals surface area contributed by atoms with Crippen LogP contribution in [0.2, 0.25) is 0 Å². The third-order valence-corrected chi connectivity index (χ3v) is 2.45. The Labute approximate surface area is 108 Å². The highest BCUT2D eigenvalue weighted by Crippen LogP contribution is 2.18. The minimum atomic E-state index is -4.42. The van der Waals surface area contributed by atoms with Crippen LogP contribution in [0.1, 0.15) is 27.9 Å². The van der Waals surface area contributed by atoms with Gasteiger partial charge in [-0.25, -0.2) is 4.39 Å². The molecule has 0 saturated carbocycles. The lowest BCUT2D eigenvalue weighted by Gasteiger charge is -2.09. The van der Waals surface area contributed by atoms with E-state index in [0.717, 1.165) is 0 Å². The van der Waals surface area contributed by atoms with E-state index in [2.05, 4.69) is 4.74 Å². The molecule has 1 aromatic rings. The molecular weight excluding hydrogens is 264 g/mol. The van der Waals surface area contributed by atoms with E-state index < -0.39 is 24.4 Å². The summed E-state index contributed by atoms with van der Waals surface area (Å²) in [4.78, 5) is 11.7. The summed E-state index contributed by atoms with van der Waals surface area (Å²) in [7, 11) is 0. The van der Waals surface area contributed by atoms with E-state index in [-0.39, 0.29) is 18.6 Å². The van der Waals surface area contributed by atoms with Crippen molar-refractivity contribution >= 4 is 5.78 Å². The first-order valence-corrected chi connectivity index (χ1v) is 5.65. The summed E-state index contributed by atoms with van der Waals surface area (Å²) < 4.78 is 53.4. The van der Waals surface area contributed by atoms with Crippen molar-refractivity contribution in [2.24, 2.45) is 0 Å². The van der Waals surface area contributed by atoms with Gasteiger partial charge in [-0.2, -0.15) is 13.2 Å². The number of alkyl halides is 3. The fraction of sp³-hybridized carbons (Fsp3) is 0.462. The second kappa shape index (κ2) is 6.14. The maximum absolute atomic E-state index is 13.6. The van der Waals surface area contributed by atoms with Gasteiger partial charge >= 0.3 is 6.18 Å². The van der Waals surface area contributed by atoms with Gasteiger partial charge in [0.1, 0.15) is 12.4 Å². The van der Waals surface area contributed by atoms with Gasteiger partial charge in [-0.1, -0.05) is 6.07 Å². The third kappa shape index (κ3) is 4.98. The molecule has 0 fully saturated rings. The molecule has 0 aromatic heterocycles. The normalized spacial score (nSPS) is 11.7. The fourth-order valence-corrected chi connectivity index (χ4v) is 1.75. The quantitative estimate of drug-likeness (QED) is 0.467. The van der Waals surface area contributed by atoms with Gasteiger partial charge in [0.15, 0.2) is 5.78 Å². The molecule has 0 atom stereocenters. The molecule has 0 aliphatic rings. The summed E-state index contributed by atoms with van der Waals surface area (Å²) in [5, 5.41) is 0. The number of carbonyl (C=O) groups is 1. The van der Waals surface area contributed by atoms with E-state index in [9.17, 15) is 22.4 Å². The first kappa shape index (κ1) is 15.6. The molecule has 0 N–H and O–H groups in total. The standard InChI is InChI=1S/C13H14F4O2/c1-8-5-9(2)12(10(14)6-8)11(18)3-4-19-7-13(15,16)17/h5-6H,3-4,7H2,1-2H3. The lowest BCUT2D eigenvalue weighted by molar-refractivity contribution is -0.173. The van der Waals surface area contributed by atoms with Crippen molar-refractivity contribution in [1.29, 1.82) is 0 Å². The first-order chi connectivity index (χ1) is 8.70. The number of halogens is 4. The molecule has 2 nitrogen and oxygen atoms in total. The van der Waals surface area contributed by atoms with Gasteiger partial charge in [0.25, 0.3) is 0 Å². The van der Waals surface area contributed by atoms with Gasteiger partial charge in [0.05, 0.1) is 12.2 Å². The van der Waals surface area contributed by atoms with Gasteiger partial charge in [-0.15, -0.1) is 0 Å². The zero-order chi connectivity index (χ0) is 14.6. The van der Waals surface area contributed by atoms with Gasteiger partial charge in [-0.3, -0.25) is 4.79 Å². The molecule has 1 aromatic carbocycles. The molecule has 0 aliphatic heterocycles. The number of hydrogen-bond donors (Lipinski definition) is 0. The summed E-state index contributed by atoms with van der Waals surface area (Å²) in [6.45, 7) is 1.48. The molecule has 0 amide bonds. The Kier molecular flexibility index (Phi) is 5.05. The van der Waals surface area contributed by atoms with Crippen molar-refractivity contribution in [2.75, 3.05) is 13.2 Å². The summed E-state index contributed by atoms with van der Waals surface area (Å²) in [5.41, 5.74) is 1.07. The van der Waals surface area contributed by atoms with Crippen molar-refractivity contribution in [1.82, 2.24) is 0 Å². The maximum Gasteiger partial charge on any atom is 0.411 e. The van der Waals surface area contributed by atoms with Crippen LogP contribution < -0.4 is 0 Å². The van der Waals surface area contributed by atoms with Crippen LogP contribution in [-0.4, -0.2) is 25.2 Å². The predicted octanol–water partition coefficient (Wildman–Crippen LogP) is 3.59. The molecule has 0 bridgehead atoms. The lowest BCUT2D eigenvalue weighted by atomic mass is 10.00. The number of ether oxygens (including phenoxy) is 1. The van der Waals surface area contributed by atoms with Gasteiger partial charge < -0.3 is 4.74 Å². The second-order valence-corrected chi connectivity index (χ2v) is 4.28. The Morgan fingerprint density at radius 3 is 2.42 bits per heavy atom. The van der Waals surface area contributed by atoms with Crippen LogP contribution in [0.5, 0.6) is 0 Å². The Hall–Kier alpha value is -1.43. The largest absolute Gasteiger partial charge is 0.411 e. The minimum Gasteiger partial charge on any atom is -0.372 e. The highest BCUT2D eigenvalue weighted by Gasteiger charge is 2.27. The van der Waals surface area contributed by atoms with Crippen molar-refractivity contribution in [3.05, 3.63) is 34.6 Å². The number of ketones is 1. The smallest absolute Gasteiger partial charge is 0.372 e. The molecule has 0 unspecified atom stereocenters. The zero-order valence-corrected chi connectivity index (χ0v) is 10.6. The van der Waals surface area contributed by atoms with E-state index >= 15 is 0 Å². The average molecular weight is 278 g/mol. The molecule has 0 aliphatic carbocycles. The van der Waals surface area contributed by atoms with Gasteiger partial charge in [0, 0.05) is 6.42 Å². The zero-order valence-electron chi connectivity index (χ0n) is 10.6. The van der Waals surface area contributed by atoms with Crippen molar-refractivity contribution in [3.63, 3.8) is 0 Å². The van der Waals surface area contributed by atoms with E-state index in [1.807, 2.05) is 0 Å². The lowest BCUT2D eigenvalue weighted by Crippen LogP contribution is -2.18. The van der Waals surface area contributed by atoms with E-state index in [4.69, 9.17) is 0 Å². The Morgan fingerprint density at radius 1 is 1.26 bits per heavy atom. The van der Waals surface area contributed by atoms with Gasteiger partial charge in [-0.05, 0) is 31.0 Å². The summed E-state index contributed by atoms with van der Waals surface area (Å²) in [6.07, 6.45) is -4.70. The Bertz CT molecular complexity index is 443. The molecule has 0 heterocycles. The molecule has 0 saturated heterocycles. The number of rotatable bonds is 5. The van der Waals surface area contributed by atoms with E-state index in [1.54, 1.807) is 19.9 Å². The molecule has 106 valence electrons. The average Bonchev–Trinajstić information content (AvgIpc) is 2.21. The third-order valence-electron chi connectivity index (χ3n) is 2.45. The van der Waals surface area contributed by atoms with E-state index in [1.165, 1.54) is 6.07 Å². The maximum atomic E-state index is 13.6. The van der Waals surface area contributed by atoms with Crippen molar-refractivity contribution < 1.29 is 27.1 Å². The highest BCUT2D eigenvalue weighted by atomic mass is 19.4. The Morgan fingerprint density at radius 2 is 1.89 bits per heavy atom. The SMILES string of the molecule is Cc1cc(C)c(C(=O)CCOCC(F)(F)F)c(F)c1. The van der Waals surface area contributed by atoms with Crippen LogP contribution >= 0.6 is 0 Å². The summed E-state index contributed by atoms with van der Waals surface area (Å²) in [5.74, 6) is -1.21. The van der Waals surface area contributed by atoms with Crippen LogP contribution in [0.25, 0.3) is 0 Å². The number of carbonyl (C=O) groups excluding carboxylic acids is 1. The number of Topliss-reactive ketones (excluding diaryl/α,β-unsaturated/α-hetero) is 1.